The number of thiophene rings is 2. The molecule has 1 N–H and O–H groups in total. The van der Waals surface area contributed by atoms with Crippen molar-refractivity contribution in [2.24, 2.45) is 0 Å². The van der Waals surface area contributed by atoms with E-state index in [2.05, 4.69) is 47.3 Å². The van der Waals surface area contributed by atoms with E-state index in [9.17, 15) is 0 Å². The Kier molecular flexibility index (Phi) is 6.62. The molecule has 0 saturated carbocycles. The molecule has 0 fully saturated rings. The predicted octanol–water partition coefficient (Wildman–Crippen LogP) is 4.74. The molecule has 0 saturated heterocycles. The van der Waals surface area contributed by atoms with Gasteiger partial charge in [0.25, 0.3) is 0 Å². The van der Waals surface area contributed by atoms with Crippen molar-refractivity contribution < 1.29 is 0 Å². The molecule has 0 aliphatic heterocycles. The maximum atomic E-state index is 3.63. The summed E-state index contributed by atoms with van der Waals surface area (Å²) in [5, 5.41) is 7.98. The van der Waals surface area contributed by atoms with Crippen LogP contribution in [0, 0.1) is 0 Å². The lowest BCUT2D eigenvalue weighted by molar-refractivity contribution is 0.453. The van der Waals surface area contributed by atoms with Crippen LogP contribution in [0.2, 0.25) is 0 Å². The number of hydrogen-bond acceptors (Lipinski definition) is 3. The fraction of sp³-hybridized carbons (Fsp3) is 0.500. The first kappa shape index (κ1) is 14.8. The van der Waals surface area contributed by atoms with Crippen molar-refractivity contribution in [1.29, 1.82) is 0 Å². The first-order valence-corrected chi connectivity index (χ1v) is 8.92. The Labute approximate surface area is 124 Å². The van der Waals surface area contributed by atoms with Crippen molar-refractivity contribution in [3.8, 4) is 0 Å². The van der Waals surface area contributed by atoms with Gasteiger partial charge in [0.2, 0.25) is 0 Å². The molecule has 19 heavy (non-hydrogen) atoms. The molecule has 3 heteroatoms. The van der Waals surface area contributed by atoms with Gasteiger partial charge in [-0.25, -0.2) is 0 Å². The number of nitrogens with one attached hydrogen (secondary N) is 1. The van der Waals surface area contributed by atoms with Gasteiger partial charge in [-0.3, -0.25) is 0 Å². The van der Waals surface area contributed by atoms with Crippen LogP contribution in [-0.4, -0.2) is 12.6 Å². The zero-order chi connectivity index (χ0) is 13.3. The van der Waals surface area contributed by atoms with Gasteiger partial charge in [-0.05, 0) is 61.5 Å². The van der Waals surface area contributed by atoms with Crippen LogP contribution < -0.4 is 5.32 Å². The second-order valence-electron chi connectivity index (χ2n) is 4.84. The van der Waals surface area contributed by atoms with E-state index in [1.165, 1.54) is 41.9 Å². The van der Waals surface area contributed by atoms with E-state index in [1.54, 1.807) is 0 Å². The average molecular weight is 294 g/mol. The summed E-state index contributed by atoms with van der Waals surface area (Å²) in [5.41, 5.74) is 0. The van der Waals surface area contributed by atoms with Crippen molar-refractivity contribution in [1.82, 2.24) is 5.32 Å². The fourth-order valence-electron chi connectivity index (χ4n) is 2.39. The van der Waals surface area contributed by atoms with E-state index in [-0.39, 0.29) is 0 Å². The first-order chi connectivity index (χ1) is 9.38. The van der Waals surface area contributed by atoms with E-state index < -0.39 is 0 Å². The van der Waals surface area contributed by atoms with Gasteiger partial charge >= 0.3 is 0 Å². The van der Waals surface area contributed by atoms with Crippen molar-refractivity contribution in [2.45, 2.75) is 45.1 Å². The summed E-state index contributed by atoms with van der Waals surface area (Å²) in [6.07, 6.45) is 6.30. The molecule has 0 spiro atoms. The molecular weight excluding hydrogens is 270 g/mol. The summed E-state index contributed by atoms with van der Waals surface area (Å²) in [5.74, 6) is 0. The Morgan fingerprint density at radius 1 is 1.00 bits per heavy atom. The summed E-state index contributed by atoms with van der Waals surface area (Å²) in [4.78, 5) is 3.04. The molecule has 0 aliphatic rings. The number of rotatable bonds is 9. The van der Waals surface area contributed by atoms with Gasteiger partial charge in [-0.2, -0.15) is 0 Å². The summed E-state index contributed by atoms with van der Waals surface area (Å²) in [6.45, 7) is 3.28. The molecule has 2 aromatic heterocycles. The highest BCUT2D eigenvalue weighted by molar-refractivity contribution is 7.10. The molecule has 2 aromatic rings. The van der Waals surface area contributed by atoms with E-state index >= 15 is 0 Å². The monoisotopic (exact) mass is 293 g/mol. The summed E-state index contributed by atoms with van der Waals surface area (Å²) >= 11 is 3.76. The van der Waals surface area contributed by atoms with E-state index in [0.29, 0.717) is 6.04 Å². The lowest BCUT2D eigenvalue weighted by atomic mass is 10.0. The van der Waals surface area contributed by atoms with Gasteiger partial charge in [-0.1, -0.05) is 19.1 Å². The Morgan fingerprint density at radius 3 is 2.26 bits per heavy atom. The molecule has 104 valence electrons. The maximum Gasteiger partial charge on any atom is 0.00705 e. The van der Waals surface area contributed by atoms with Crippen molar-refractivity contribution in [2.75, 3.05) is 6.54 Å². The molecule has 0 radical (unpaired) electrons. The molecule has 0 aliphatic carbocycles. The molecule has 1 nitrogen and oxygen atoms in total. The third-order valence-electron chi connectivity index (χ3n) is 3.37. The Balaban J connectivity index is 1.69. The predicted molar refractivity (Wildman–Crippen MR) is 87.4 cm³/mol. The third-order valence-corrected chi connectivity index (χ3v) is 5.24. The van der Waals surface area contributed by atoms with Crippen molar-refractivity contribution >= 4 is 22.7 Å². The van der Waals surface area contributed by atoms with Crippen LogP contribution in [0.5, 0.6) is 0 Å². The van der Waals surface area contributed by atoms with Crippen LogP contribution in [0.4, 0.5) is 0 Å². The largest absolute Gasteiger partial charge is 0.314 e. The fourth-order valence-corrected chi connectivity index (χ4v) is 3.86. The maximum absolute atomic E-state index is 3.63. The normalized spacial score (nSPS) is 12.7. The lowest BCUT2D eigenvalue weighted by Gasteiger charge is -2.17. The minimum absolute atomic E-state index is 0.673. The summed E-state index contributed by atoms with van der Waals surface area (Å²) in [6, 6.07) is 9.47. The lowest BCUT2D eigenvalue weighted by Crippen LogP contribution is -2.29. The highest BCUT2D eigenvalue weighted by Crippen LogP contribution is 2.16. The van der Waals surface area contributed by atoms with Crippen molar-refractivity contribution in [3.63, 3.8) is 0 Å². The van der Waals surface area contributed by atoms with Crippen LogP contribution >= 0.6 is 22.7 Å². The molecule has 2 heterocycles. The van der Waals surface area contributed by atoms with Gasteiger partial charge in [0.1, 0.15) is 0 Å². The van der Waals surface area contributed by atoms with E-state index in [1.807, 2.05) is 22.7 Å². The van der Waals surface area contributed by atoms with Gasteiger partial charge in [0, 0.05) is 15.8 Å². The van der Waals surface area contributed by atoms with Crippen LogP contribution in [0.1, 0.15) is 35.9 Å². The average Bonchev–Trinajstić information content (AvgIpc) is 3.09. The Hall–Kier alpha value is -0.640. The second kappa shape index (κ2) is 8.51. The van der Waals surface area contributed by atoms with Crippen LogP contribution in [-0.2, 0) is 12.8 Å². The van der Waals surface area contributed by atoms with Gasteiger partial charge in [-0.15, -0.1) is 22.7 Å². The zero-order valence-corrected chi connectivity index (χ0v) is 13.2. The summed E-state index contributed by atoms with van der Waals surface area (Å²) < 4.78 is 0. The molecule has 0 aromatic carbocycles. The Bertz CT molecular complexity index is 420. The van der Waals surface area contributed by atoms with Gasteiger partial charge in [0.05, 0.1) is 0 Å². The minimum Gasteiger partial charge on any atom is -0.314 e. The minimum atomic E-state index is 0.673. The van der Waals surface area contributed by atoms with Gasteiger partial charge < -0.3 is 5.32 Å². The molecule has 1 atom stereocenters. The summed E-state index contributed by atoms with van der Waals surface area (Å²) in [7, 11) is 0. The molecular formula is C16H23NS2. The topological polar surface area (TPSA) is 12.0 Å². The zero-order valence-electron chi connectivity index (χ0n) is 11.6. The van der Waals surface area contributed by atoms with E-state index in [0.717, 1.165) is 6.54 Å². The first-order valence-electron chi connectivity index (χ1n) is 7.16. The van der Waals surface area contributed by atoms with E-state index in [4.69, 9.17) is 0 Å². The Morgan fingerprint density at radius 2 is 1.68 bits per heavy atom. The highest BCUT2D eigenvalue weighted by atomic mass is 32.1. The second-order valence-corrected chi connectivity index (χ2v) is 6.91. The molecule has 1 unspecified atom stereocenters. The highest BCUT2D eigenvalue weighted by Gasteiger charge is 2.08. The number of hydrogen-bond donors (Lipinski definition) is 1. The standard InChI is InChI=1S/C16H23NS2/c1-2-17-14(10-11-16-9-5-13-19-16)6-3-7-15-8-4-12-18-15/h4-5,8-9,12-14,17H,2-3,6-7,10-11H2,1H3. The SMILES string of the molecule is CCNC(CCCc1cccs1)CCc1cccs1. The quantitative estimate of drug-likeness (QED) is 0.704. The number of aryl methyl sites for hydroxylation is 2. The molecule has 2 rings (SSSR count). The smallest absolute Gasteiger partial charge is 0.00705 e. The molecule has 0 amide bonds. The third kappa shape index (κ3) is 5.47. The molecule has 0 bridgehead atoms. The van der Waals surface area contributed by atoms with Crippen molar-refractivity contribution in [3.05, 3.63) is 44.8 Å². The van der Waals surface area contributed by atoms with Gasteiger partial charge in [0.15, 0.2) is 0 Å². The van der Waals surface area contributed by atoms with Crippen LogP contribution in [0.3, 0.4) is 0 Å². The van der Waals surface area contributed by atoms with Crippen LogP contribution in [0.25, 0.3) is 0 Å². The van der Waals surface area contributed by atoms with Crippen LogP contribution in [0.15, 0.2) is 35.0 Å².